The van der Waals surface area contributed by atoms with Crippen molar-refractivity contribution in [3.8, 4) is 5.75 Å². The quantitative estimate of drug-likeness (QED) is 0.656. The number of nitrogens with two attached hydrogens (primary N) is 1. The molecule has 0 aliphatic carbocycles. The monoisotopic (exact) mass is 379 g/mol. The maximum absolute atomic E-state index is 12.5. The molecule has 1 heterocycles. The summed E-state index contributed by atoms with van der Waals surface area (Å²) in [5, 5.41) is 6.55. The van der Waals surface area contributed by atoms with Gasteiger partial charge in [-0.25, -0.2) is 0 Å². The predicted molar refractivity (Wildman–Crippen MR) is 103 cm³/mol. The molecule has 2 amide bonds. The Morgan fingerprint density at radius 1 is 1.11 bits per heavy atom. The zero-order valence-corrected chi connectivity index (χ0v) is 15.6. The van der Waals surface area contributed by atoms with Crippen LogP contribution in [0.3, 0.4) is 0 Å². The Balaban J connectivity index is 1.65. The van der Waals surface area contributed by atoms with Gasteiger partial charge in [0.05, 0.1) is 11.3 Å². The first-order valence-electron chi connectivity index (χ1n) is 8.75. The zero-order valence-electron chi connectivity index (χ0n) is 15.6. The van der Waals surface area contributed by atoms with Crippen molar-refractivity contribution in [2.75, 3.05) is 0 Å². The molecule has 28 heavy (non-hydrogen) atoms. The molecule has 1 unspecified atom stereocenters. The molecule has 1 atom stereocenters. The highest BCUT2D eigenvalue weighted by molar-refractivity contribution is 5.97. The second-order valence-electron chi connectivity index (χ2n) is 6.34. The van der Waals surface area contributed by atoms with Gasteiger partial charge in [0, 0.05) is 5.56 Å². The fraction of sp³-hybridized carbons (Fsp3) is 0.190. The highest BCUT2D eigenvalue weighted by Crippen LogP contribution is 2.19. The summed E-state index contributed by atoms with van der Waals surface area (Å²) in [6, 6.07) is 14.6. The number of carbonyl (C=O) groups is 2. The van der Waals surface area contributed by atoms with Gasteiger partial charge in [0.2, 0.25) is 5.91 Å². The lowest BCUT2D eigenvalue weighted by atomic mass is 10.1. The van der Waals surface area contributed by atoms with E-state index < -0.39 is 17.9 Å². The van der Waals surface area contributed by atoms with Crippen molar-refractivity contribution in [2.24, 2.45) is 5.73 Å². The number of ether oxygens (including phenoxy) is 1. The van der Waals surface area contributed by atoms with Crippen LogP contribution in [0.4, 0.5) is 0 Å². The molecule has 3 N–H and O–H groups in total. The molecule has 0 spiro atoms. The van der Waals surface area contributed by atoms with Crippen molar-refractivity contribution in [1.29, 1.82) is 0 Å². The third kappa shape index (κ3) is 4.37. The number of hydrogen-bond donors (Lipinski definition) is 2. The molecule has 1 aromatic heterocycles. The normalized spacial score (nSPS) is 11.6. The maximum atomic E-state index is 12.5. The van der Waals surface area contributed by atoms with Crippen LogP contribution in [-0.4, -0.2) is 17.0 Å². The van der Waals surface area contributed by atoms with E-state index in [4.69, 9.17) is 15.0 Å². The van der Waals surface area contributed by atoms with Crippen molar-refractivity contribution < 1.29 is 18.8 Å². The van der Waals surface area contributed by atoms with Crippen LogP contribution < -0.4 is 15.8 Å². The Bertz CT molecular complexity index is 946. The molecule has 0 bridgehead atoms. The molecular weight excluding hydrogens is 358 g/mol. The minimum atomic E-state index is -0.899. The van der Waals surface area contributed by atoms with E-state index in [1.165, 1.54) is 0 Å². The number of aromatic nitrogens is 1. The number of carbonyl (C=O) groups excluding carboxylic acids is 2. The van der Waals surface area contributed by atoms with Gasteiger partial charge < -0.3 is 20.3 Å². The first-order chi connectivity index (χ1) is 13.5. The molecule has 2 aromatic carbocycles. The summed E-state index contributed by atoms with van der Waals surface area (Å²) in [4.78, 5) is 24.2. The molecule has 0 saturated carbocycles. The smallest absolute Gasteiger partial charge is 0.252 e. The minimum Gasteiger partial charge on any atom is -0.489 e. The molecule has 0 radical (unpaired) electrons. The number of nitrogens with one attached hydrogen (secondary N) is 1. The first kappa shape index (κ1) is 19.2. The average molecular weight is 379 g/mol. The Morgan fingerprint density at radius 3 is 2.36 bits per heavy atom. The largest absolute Gasteiger partial charge is 0.489 e. The Kier molecular flexibility index (Phi) is 5.74. The molecule has 0 saturated heterocycles. The second-order valence-corrected chi connectivity index (χ2v) is 6.34. The van der Waals surface area contributed by atoms with Crippen LogP contribution in [0.5, 0.6) is 5.75 Å². The summed E-state index contributed by atoms with van der Waals surface area (Å²) in [6.07, 6.45) is 0. The predicted octanol–water partition coefficient (Wildman–Crippen LogP) is 2.83. The highest BCUT2D eigenvalue weighted by Gasteiger charge is 2.20. The van der Waals surface area contributed by atoms with Gasteiger partial charge in [0.15, 0.2) is 0 Å². The van der Waals surface area contributed by atoms with Gasteiger partial charge in [-0.1, -0.05) is 35.5 Å². The van der Waals surface area contributed by atoms with Gasteiger partial charge in [-0.3, -0.25) is 9.59 Å². The Hall–Kier alpha value is -3.61. The van der Waals surface area contributed by atoms with Crippen LogP contribution in [0.25, 0.3) is 0 Å². The molecule has 7 nitrogen and oxygen atoms in total. The Morgan fingerprint density at radius 2 is 1.79 bits per heavy atom. The maximum Gasteiger partial charge on any atom is 0.252 e. The number of rotatable bonds is 7. The van der Waals surface area contributed by atoms with Crippen LogP contribution >= 0.6 is 0 Å². The van der Waals surface area contributed by atoms with Crippen molar-refractivity contribution >= 4 is 11.8 Å². The van der Waals surface area contributed by atoms with E-state index in [2.05, 4.69) is 10.5 Å². The van der Waals surface area contributed by atoms with E-state index in [9.17, 15) is 9.59 Å². The van der Waals surface area contributed by atoms with Crippen LogP contribution in [0, 0.1) is 13.8 Å². The minimum absolute atomic E-state index is 0.324. The molecule has 144 valence electrons. The molecular formula is C21H21N3O4. The van der Waals surface area contributed by atoms with Crippen molar-refractivity contribution in [3.63, 3.8) is 0 Å². The van der Waals surface area contributed by atoms with Crippen LogP contribution in [0.15, 0.2) is 59.1 Å². The molecule has 0 aliphatic heterocycles. The fourth-order valence-corrected chi connectivity index (χ4v) is 2.74. The lowest BCUT2D eigenvalue weighted by molar-refractivity contribution is -0.120. The van der Waals surface area contributed by atoms with Gasteiger partial charge in [-0.05, 0) is 43.7 Å². The molecule has 7 heteroatoms. The van der Waals surface area contributed by atoms with Crippen molar-refractivity contribution in [1.82, 2.24) is 10.5 Å². The van der Waals surface area contributed by atoms with Gasteiger partial charge in [-0.15, -0.1) is 0 Å². The first-order valence-corrected chi connectivity index (χ1v) is 8.75. The lowest BCUT2D eigenvalue weighted by Gasteiger charge is -2.16. The average Bonchev–Trinajstić information content (AvgIpc) is 3.02. The standard InChI is InChI=1S/C21H21N3O4/c1-13-18(14(2)28-24-13)12-27-17-10-8-16(9-11-17)21(26)23-19(20(22)25)15-6-4-3-5-7-15/h3-11,19H,12H2,1-2H3,(H2,22,25)(H,23,26). The van der Waals surface area contributed by atoms with Gasteiger partial charge >= 0.3 is 0 Å². The number of nitrogens with zero attached hydrogens (tertiary/aromatic N) is 1. The van der Waals surface area contributed by atoms with Crippen LogP contribution in [0.1, 0.15) is 39.0 Å². The third-order valence-electron chi connectivity index (χ3n) is 4.37. The number of primary amides is 1. The summed E-state index contributed by atoms with van der Waals surface area (Å²) in [5.74, 6) is 0.293. The van der Waals surface area contributed by atoms with E-state index in [1.54, 1.807) is 48.5 Å². The number of benzene rings is 2. The summed E-state index contributed by atoms with van der Waals surface area (Å²) >= 11 is 0. The summed E-state index contributed by atoms with van der Waals surface area (Å²) in [6.45, 7) is 4.00. The lowest BCUT2D eigenvalue weighted by Crippen LogP contribution is -2.37. The third-order valence-corrected chi connectivity index (χ3v) is 4.37. The van der Waals surface area contributed by atoms with Gasteiger partial charge in [0.25, 0.3) is 5.91 Å². The summed E-state index contributed by atoms with van der Waals surface area (Å²) < 4.78 is 10.8. The van der Waals surface area contributed by atoms with Crippen molar-refractivity contribution in [2.45, 2.75) is 26.5 Å². The van der Waals surface area contributed by atoms with Gasteiger partial charge in [-0.2, -0.15) is 0 Å². The fourth-order valence-electron chi connectivity index (χ4n) is 2.74. The zero-order chi connectivity index (χ0) is 20.1. The van der Waals surface area contributed by atoms with E-state index in [-0.39, 0.29) is 0 Å². The number of amides is 2. The number of hydrogen-bond acceptors (Lipinski definition) is 5. The second kappa shape index (κ2) is 8.39. The van der Waals surface area contributed by atoms with E-state index in [0.717, 1.165) is 11.3 Å². The SMILES string of the molecule is Cc1noc(C)c1COc1ccc(C(=O)NC(C(N)=O)c2ccccc2)cc1. The molecule has 3 aromatic rings. The van der Waals surface area contributed by atoms with E-state index >= 15 is 0 Å². The van der Waals surface area contributed by atoms with E-state index in [0.29, 0.717) is 29.2 Å². The summed E-state index contributed by atoms with van der Waals surface area (Å²) in [5.41, 5.74) is 8.15. The Labute approximate surface area is 162 Å². The molecule has 0 aliphatic rings. The van der Waals surface area contributed by atoms with Gasteiger partial charge in [0.1, 0.15) is 24.2 Å². The topological polar surface area (TPSA) is 107 Å². The van der Waals surface area contributed by atoms with Crippen molar-refractivity contribution in [3.05, 3.63) is 82.7 Å². The summed E-state index contributed by atoms with van der Waals surface area (Å²) in [7, 11) is 0. The highest BCUT2D eigenvalue weighted by atomic mass is 16.5. The molecule has 0 fully saturated rings. The van der Waals surface area contributed by atoms with Crippen LogP contribution in [-0.2, 0) is 11.4 Å². The molecule has 3 rings (SSSR count). The van der Waals surface area contributed by atoms with E-state index in [1.807, 2.05) is 19.9 Å². The van der Waals surface area contributed by atoms with Crippen LogP contribution in [0.2, 0.25) is 0 Å². The number of aryl methyl sites for hydroxylation is 2.